The van der Waals surface area contributed by atoms with Crippen molar-refractivity contribution in [1.29, 1.82) is 0 Å². The molecule has 0 saturated heterocycles. The molecule has 2 aromatic rings. The summed E-state index contributed by atoms with van der Waals surface area (Å²) in [4.78, 5) is 12.4. The lowest BCUT2D eigenvalue weighted by molar-refractivity contribution is -0.116. The number of benzene rings is 2. The molecule has 8 nitrogen and oxygen atoms in total. The maximum absolute atomic E-state index is 12.4. The highest BCUT2D eigenvalue weighted by atomic mass is 35.5. The quantitative estimate of drug-likeness (QED) is 0.641. The first-order valence-electron chi connectivity index (χ1n) is 7.77. The van der Waals surface area contributed by atoms with Gasteiger partial charge in [0.15, 0.2) is 0 Å². The second kappa shape index (κ2) is 8.47. The molecule has 27 heavy (non-hydrogen) atoms. The van der Waals surface area contributed by atoms with E-state index in [2.05, 4.69) is 10.6 Å². The third kappa shape index (κ3) is 5.25. The van der Waals surface area contributed by atoms with Crippen LogP contribution in [0.4, 0.5) is 11.4 Å². The first kappa shape index (κ1) is 20.8. The molecule has 0 aliphatic carbocycles. The van der Waals surface area contributed by atoms with Gasteiger partial charge in [-0.1, -0.05) is 11.6 Å². The predicted octanol–water partition coefficient (Wildman–Crippen LogP) is 2.44. The highest BCUT2D eigenvalue weighted by Gasteiger charge is 2.17. The topological polar surface area (TPSA) is 120 Å². The Morgan fingerprint density at radius 3 is 2.22 bits per heavy atom. The molecule has 0 saturated carbocycles. The molecular formula is C17H20ClN3O5S. The van der Waals surface area contributed by atoms with Crippen LogP contribution in [0.2, 0.25) is 5.02 Å². The number of hydrogen-bond donors (Lipinski definition) is 3. The summed E-state index contributed by atoms with van der Waals surface area (Å²) in [5.41, 5.74) is 0.965. The van der Waals surface area contributed by atoms with E-state index in [0.29, 0.717) is 27.9 Å². The summed E-state index contributed by atoms with van der Waals surface area (Å²) in [6, 6.07) is 8.12. The van der Waals surface area contributed by atoms with E-state index in [1.54, 1.807) is 19.1 Å². The Labute approximate surface area is 162 Å². The van der Waals surface area contributed by atoms with Crippen molar-refractivity contribution in [2.45, 2.75) is 17.9 Å². The van der Waals surface area contributed by atoms with Gasteiger partial charge in [0.1, 0.15) is 17.5 Å². The average Bonchev–Trinajstić information content (AvgIpc) is 2.62. The van der Waals surface area contributed by atoms with E-state index in [1.807, 2.05) is 0 Å². The van der Waals surface area contributed by atoms with Crippen molar-refractivity contribution in [2.75, 3.05) is 24.9 Å². The number of carbonyl (C=O) groups is 1. The Bertz CT molecular complexity index is 932. The Morgan fingerprint density at radius 1 is 1.11 bits per heavy atom. The van der Waals surface area contributed by atoms with Crippen LogP contribution in [0.5, 0.6) is 11.5 Å². The smallest absolute Gasteiger partial charge is 0.246 e. The lowest BCUT2D eigenvalue weighted by Crippen LogP contribution is -2.32. The minimum absolute atomic E-state index is 0.0373. The number of nitrogens with one attached hydrogen (secondary N) is 2. The molecule has 0 bridgehead atoms. The van der Waals surface area contributed by atoms with Gasteiger partial charge in [0.05, 0.1) is 29.8 Å². The van der Waals surface area contributed by atoms with Crippen molar-refractivity contribution in [3.63, 3.8) is 0 Å². The molecule has 146 valence electrons. The molecule has 0 aromatic heterocycles. The molecule has 0 heterocycles. The number of halogens is 1. The van der Waals surface area contributed by atoms with Crippen molar-refractivity contribution in [3.8, 4) is 11.5 Å². The largest absolute Gasteiger partial charge is 0.495 e. The van der Waals surface area contributed by atoms with E-state index in [4.69, 9.17) is 26.2 Å². The Balaban J connectivity index is 2.12. The predicted molar refractivity (Wildman–Crippen MR) is 104 cm³/mol. The minimum Gasteiger partial charge on any atom is -0.495 e. The Morgan fingerprint density at radius 2 is 1.70 bits per heavy atom. The second-order valence-electron chi connectivity index (χ2n) is 5.61. The van der Waals surface area contributed by atoms with E-state index in [9.17, 15) is 13.2 Å². The van der Waals surface area contributed by atoms with Gasteiger partial charge in [0.2, 0.25) is 15.9 Å². The van der Waals surface area contributed by atoms with Gasteiger partial charge < -0.3 is 20.1 Å². The van der Waals surface area contributed by atoms with Crippen molar-refractivity contribution < 1.29 is 22.7 Å². The van der Waals surface area contributed by atoms with Crippen molar-refractivity contribution >= 4 is 38.9 Å². The molecular weight excluding hydrogens is 394 g/mol. The number of rotatable bonds is 7. The van der Waals surface area contributed by atoms with Gasteiger partial charge in [0, 0.05) is 17.8 Å². The first-order chi connectivity index (χ1) is 12.7. The van der Waals surface area contributed by atoms with Crippen LogP contribution < -0.4 is 25.2 Å². The molecule has 1 atom stereocenters. The summed E-state index contributed by atoms with van der Waals surface area (Å²) in [6.45, 7) is 1.66. The number of carbonyl (C=O) groups excluding carboxylic acids is 1. The fourth-order valence-electron chi connectivity index (χ4n) is 2.25. The monoisotopic (exact) mass is 413 g/mol. The highest BCUT2D eigenvalue weighted by Crippen LogP contribution is 2.36. The third-order valence-corrected chi connectivity index (χ3v) is 4.91. The average molecular weight is 414 g/mol. The van der Waals surface area contributed by atoms with Crippen LogP contribution in [-0.2, 0) is 14.8 Å². The van der Waals surface area contributed by atoms with Crippen molar-refractivity contribution in [2.24, 2.45) is 5.14 Å². The lowest BCUT2D eigenvalue weighted by Gasteiger charge is -2.18. The summed E-state index contributed by atoms with van der Waals surface area (Å²) in [5.74, 6) is 0.554. The second-order valence-corrected chi connectivity index (χ2v) is 7.58. The maximum atomic E-state index is 12.4. The molecule has 0 spiro atoms. The zero-order valence-corrected chi connectivity index (χ0v) is 16.5. The molecule has 10 heteroatoms. The lowest BCUT2D eigenvalue weighted by atomic mass is 10.2. The van der Waals surface area contributed by atoms with E-state index < -0.39 is 16.1 Å². The number of hydrogen-bond acceptors (Lipinski definition) is 6. The number of ether oxygens (including phenoxy) is 2. The van der Waals surface area contributed by atoms with Gasteiger partial charge in [0.25, 0.3) is 0 Å². The molecule has 2 aromatic carbocycles. The summed E-state index contributed by atoms with van der Waals surface area (Å²) in [5, 5.41) is 11.1. The molecule has 0 radical (unpaired) electrons. The van der Waals surface area contributed by atoms with Crippen LogP contribution in [0.1, 0.15) is 6.92 Å². The molecule has 1 unspecified atom stereocenters. The standard InChI is InChI=1S/C17H20ClN3O5S/c1-10(20-14-9-15(25-2)13(18)8-16(14)26-3)17(22)21-11-4-6-12(7-5-11)27(19,23)24/h4-10,20H,1-3H3,(H,21,22)(H2,19,23,24). The summed E-state index contributed by atoms with van der Waals surface area (Å²) in [6.07, 6.45) is 0. The van der Waals surface area contributed by atoms with Crippen LogP contribution in [0, 0.1) is 0 Å². The zero-order valence-electron chi connectivity index (χ0n) is 14.9. The highest BCUT2D eigenvalue weighted by molar-refractivity contribution is 7.89. The fourth-order valence-corrected chi connectivity index (χ4v) is 3.00. The molecule has 2 rings (SSSR count). The normalized spacial score (nSPS) is 12.2. The summed E-state index contributed by atoms with van der Waals surface area (Å²) >= 11 is 6.07. The number of nitrogens with two attached hydrogens (primary N) is 1. The van der Waals surface area contributed by atoms with Gasteiger partial charge in [-0.2, -0.15) is 0 Å². The Hall–Kier alpha value is -2.49. The van der Waals surface area contributed by atoms with Crippen molar-refractivity contribution in [1.82, 2.24) is 0 Å². The summed E-state index contributed by atoms with van der Waals surface area (Å²) < 4.78 is 33.0. The number of primary sulfonamides is 1. The number of amides is 1. The minimum atomic E-state index is -3.78. The van der Waals surface area contributed by atoms with Gasteiger partial charge in [-0.3, -0.25) is 4.79 Å². The molecule has 0 aliphatic heterocycles. The first-order valence-corrected chi connectivity index (χ1v) is 9.70. The van der Waals surface area contributed by atoms with Gasteiger partial charge in [-0.05, 0) is 31.2 Å². The van der Waals surface area contributed by atoms with E-state index in [-0.39, 0.29) is 10.8 Å². The van der Waals surface area contributed by atoms with Crippen LogP contribution in [-0.4, -0.2) is 34.6 Å². The van der Waals surface area contributed by atoms with E-state index >= 15 is 0 Å². The van der Waals surface area contributed by atoms with Crippen LogP contribution in [0.3, 0.4) is 0 Å². The molecule has 0 fully saturated rings. The fraction of sp³-hybridized carbons (Fsp3) is 0.235. The van der Waals surface area contributed by atoms with Crippen LogP contribution in [0.25, 0.3) is 0 Å². The summed E-state index contributed by atoms with van der Waals surface area (Å²) in [7, 11) is -0.812. The van der Waals surface area contributed by atoms with E-state index in [0.717, 1.165) is 0 Å². The molecule has 4 N–H and O–H groups in total. The molecule has 1 amide bonds. The van der Waals surface area contributed by atoms with Crippen LogP contribution in [0.15, 0.2) is 41.3 Å². The zero-order chi connectivity index (χ0) is 20.2. The van der Waals surface area contributed by atoms with Gasteiger partial charge in [-0.15, -0.1) is 0 Å². The molecule has 0 aliphatic rings. The number of anilines is 2. The van der Waals surface area contributed by atoms with E-state index in [1.165, 1.54) is 38.5 Å². The number of sulfonamides is 1. The Kier molecular flexibility index (Phi) is 6.53. The third-order valence-electron chi connectivity index (χ3n) is 3.69. The maximum Gasteiger partial charge on any atom is 0.246 e. The van der Waals surface area contributed by atoms with Gasteiger partial charge >= 0.3 is 0 Å². The SMILES string of the molecule is COc1cc(NC(C)C(=O)Nc2ccc(S(N)(=O)=O)cc2)c(OC)cc1Cl. The van der Waals surface area contributed by atoms with Gasteiger partial charge in [-0.25, -0.2) is 13.6 Å². The van der Waals surface area contributed by atoms with Crippen molar-refractivity contribution in [3.05, 3.63) is 41.4 Å². The number of methoxy groups -OCH3 is 2. The van der Waals surface area contributed by atoms with Crippen LogP contribution >= 0.6 is 11.6 Å².